The number of cyclic esters (lactones) is 1. The zero-order valence-corrected chi connectivity index (χ0v) is 8.23. The summed E-state index contributed by atoms with van der Waals surface area (Å²) in [4.78, 5) is 23.5. The van der Waals surface area contributed by atoms with Crippen molar-refractivity contribution in [2.45, 2.75) is 13.3 Å². The molecule has 5 nitrogen and oxygen atoms in total. The van der Waals surface area contributed by atoms with Gasteiger partial charge in [0, 0.05) is 13.1 Å². The molecule has 1 heterocycles. The van der Waals surface area contributed by atoms with E-state index in [1.807, 2.05) is 4.90 Å². The first kappa shape index (κ1) is 11.0. The molecule has 0 saturated carbocycles. The SMILES string of the molecule is CC(CN1CCCOC(=O)C1)C(=O)O. The van der Waals surface area contributed by atoms with Gasteiger partial charge < -0.3 is 9.84 Å². The van der Waals surface area contributed by atoms with Gasteiger partial charge in [-0.1, -0.05) is 6.92 Å². The summed E-state index contributed by atoms with van der Waals surface area (Å²) < 4.78 is 4.85. The first-order chi connectivity index (χ1) is 6.59. The van der Waals surface area contributed by atoms with Crippen molar-refractivity contribution in [3.8, 4) is 0 Å². The van der Waals surface area contributed by atoms with Crippen molar-refractivity contribution in [1.29, 1.82) is 0 Å². The number of carbonyl (C=O) groups is 2. The van der Waals surface area contributed by atoms with Crippen LogP contribution in [0.3, 0.4) is 0 Å². The molecule has 1 aliphatic rings. The number of rotatable bonds is 3. The fourth-order valence-electron chi connectivity index (χ4n) is 1.40. The lowest BCUT2D eigenvalue weighted by molar-refractivity contribution is -0.145. The van der Waals surface area contributed by atoms with Crippen LogP contribution in [0.4, 0.5) is 0 Å². The van der Waals surface area contributed by atoms with Crippen molar-refractivity contribution >= 4 is 11.9 Å². The Bertz CT molecular complexity index is 229. The Morgan fingerprint density at radius 2 is 2.43 bits per heavy atom. The highest BCUT2D eigenvalue weighted by Crippen LogP contribution is 2.05. The second-order valence-corrected chi connectivity index (χ2v) is 3.55. The molecular formula is C9H15NO4. The monoisotopic (exact) mass is 201 g/mol. The quantitative estimate of drug-likeness (QED) is 0.649. The fraction of sp³-hybridized carbons (Fsp3) is 0.778. The standard InChI is InChI=1S/C9H15NO4/c1-7(9(12)13)5-10-3-2-4-14-8(11)6-10/h7H,2-6H2,1H3,(H,12,13). The molecule has 1 saturated heterocycles. The van der Waals surface area contributed by atoms with Crippen LogP contribution in [0.15, 0.2) is 0 Å². The third-order valence-corrected chi connectivity index (χ3v) is 2.19. The van der Waals surface area contributed by atoms with E-state index in [1.165, 1.54) is 0 Å². The summed E-state index contributed by atoms with van der Waals surface area (Å²) in [6.07, 6.45) is 0.776. The van der Waals surface area contributed by atoms with Gasteiger partial charge in [0.05, 0.1) is 19.1 Å². The Kier molecular flexibility index (Phi) is 3.88. The van der Waals surface area contributed by atoms with Gasteiger partial charge in [0.25, 0.3) is 0 Å². The van der Waals surface area contributed by atoms with Gasteiger partial charge in [-0.2, -0.15) is 0 Å². The van der Waals surface area contributed by atoms with Crippen molar-refractivity contribution in [2.75, 3.05) is 26.2 Å². The molecule has 0 spiro atoms. The highest BCUT2D eigenvalue weighted by atomic mass is 16.5. The molecule has 0 radical (unpaired) electrons. The van der Waals surface area contributed by atoms with E-state index in [1.54, 1.807) is 6.92 Å². The maximum Gasteiger partial charge on any atom is 0.320 e. The van der Waals surface area contributed by atoms with E-state index in [4.69, 9.17) is 9.84 Å². The summed E-state index contributed by atoms with van der Waals surface area (Å²) in [6.45, 7) is 3.42. The van der Waals surface area contributed by atoms with Gasteiger partial charge in [-0.25, -0.2) is 0 Å². The average molecular weight is 201 g/mol. The van der Waals surface area contributed by atoms with Crippen LogP contribution in [0.2, 0.25) is 0 Å². The molecule has 1 atom stereocenters. The number of hydrogen-bond donors (Lipinski definition) is 1. The molecule has 1 rings (SSSR count). The summed E-state index contributed by atoms with van der Waals surface area (Å²) in [5.41, 5.74) is 0. The van der Waals surface area contributed by atoms with Gasteiger partial charge in [-0.3, -0.25) is 14.5 Å². The molecule has 80 valence electrons. The number of carbonyl (C=O) groups excluding carboxylic acids is 1. The minimum absolute atomic E-state index is 0.206. The molecule has 0 bridgehead atoms. The lowest BCUT2D eigenvalue weighted by Crippen LogP contribution is -2.35. The van der Waals surface area contributed by atoms with Gasteiger partial charge >= 0.3 is 11.9 Å². The van der Waals surface area contributed by atoms with Crippen LogP contribution in [0, 0.1) is 5.92 Å². The van der Waals surface area contributed by atoms with Crippen LogP contribution in [-0.2, 0) is 14.3 Å². The van der Waals surface area contributed by atoms with Gasteiger partial charge in [-0.05, 0) is 6.42 Å². The topological polar surface area (TPSA) is 66.8 Å². The van der Waals surface area contributed by atoms with Crippen LogP contribution in [-0.4, -0.2) is 48.2 Å². The third-order valence-electron chi connectivity index (χ3n) is 2.19. The van der Waals surface area contributed by atoms with Crippen molar-refractivity contribution in [1.82, 2.24) is 4.90 Å². The lowest BCUT2D eigenvalue weighted by atomic mass is 10.1. The van der Waals surface area contributed by atoms with Gasteiger partial charge in [0.1, 0.15) is 0 Å². The summed E-state index contributed by atoms with van der Waals surface area (Å²) in [6, 6.07) is 0. The molecular weight excluding hydrogens is 186 g/mol. The summed E-state index contributed by atoms with van der Waals surface area (Å²) in [5.74, 6) is -1.54. The molecule has 1 N–H and O–H groups in total. The molecule has 0 aromatic rings. The maximum absolute atomic E-state index is 11.0. The second-order valence-electron chi connectivity index (χ2n) is 3.55. The highest BCUT2D eigenvalue weighted by Gasteiger charge is 2.20. The number of nitrogens with zero attached hydrogens (tertiary/aromatic N) is 1. The van der Waals surface area contributed by atoms with Gasteiger partial charge in [0.2, 0.25) is 0 Å². The first-order valence-corrected chi connectivity index (χ1v) is 4.70. The van der Waals surface area contributed by atoms with E-state index >= 15 is 0 Å². The van der Waals surface area contributed by atoms with Crippen molar-refractivity contribution < 1.29 is 19.4 Å². The lowest BCUT2D eigenvalue weighted by Gasteiger charge is -2.19. The Labute approximate surface area is 82.6 Å². The largest absolute Gasteiger partial charge is 0.481 e. The molecule has 1 fully saturated rings. The van der Waals surface area contributed by atoms with Crippen molar-refractivity contribution in [3.63, 3.8) is 0 Å². The highest BCUT2D eigenvalue weighted by molar-refractivity contribution is 5.72. The number of ether oxygens (including phenoxy) is 1. The fourth-order valence-corrected chi connectivity index (χ4v) is 1.40. The Morgan fingerprint density at radius 1 is 1.71 bits per heavy atom. The smallest absolute Gasteiger partial charge is 0.320 e. The maximum atomic E-state index is 11.0. The molecule has 1 unspecified atom stereocenters. The molecule has 0 aromatic carbocycles. The van der Waals surface area contributed by atoms with E-state index in [0.717, 1.165) is 13.0 Å². The van der Waals surface area contributed by atoms with Crippen LogP contribution < -0.4 is 0 Å². The van der Waals surface area contributed by atoms with E-state index in [2.05, 4.69) is 0 Å². The molecule has 14 heavy (non-hydrogen) atoms. The van der Waals surface area contributed by atoms with Crippen LogP contribution >= 0.6 is 0 Å². The summed E-state index contributed by atoms with van der Waals surface area (Å²) in [7, 11) is 0. The predicted octanol–water partition coefficient (Wildman–Crippen LogP) is -0.0440. The second kappa shape index (κ2) is 4.95. The number of esters is 1. The van der Waals surface area contributed by atoms with E-state index in [9.17, 15) is 9.59 Å². The molecule has 5 heteroatoms. The number of hydrogen-bond acceptors (Lipinski definition) is 4. The molecule has 1 aliphatic heterocycles. The molecule has 0 amide bonds. The normalized spacial score (nSPS) is 21.1. The molecule has 0 aromatic heterocycles. The predicted molar refractivity (Wildman–Crippen MR) is 48.8 cm³/mol. The Morgan fingerprint density at radius 3 is 3.07 bits per heavy atom. The summed E-state index contributed by atoms with van der Waals surface area (Å²) >= 11 is 0. The van der Waals surface area contributed by atoms with E-state index in [-0.39, 0.29) is 12.5 Å². The van der Waals surface area contributed by atoms with Crippen molar-refractivity contribution in [2.24, 2.45) is 5.92 Å². The third kappa shape index (κ3) is 3.33. The number of carboxylic acids is 1. The van der Waals surface area contributed by atoms with Crippen molar-refractivity contribution in [3.05, 3.63) is 0 Å². The van der Waals surface area contributed by atoms with Crippen LogP contribution in [0.25, 0.3) is 0 Å². The van der Waals surface area contributed by atoms with Crippen LogP contribution in [0.5, 0.6) is 0 Å². The zero-order chi connectivity index (χ0) is 10.6. The number of carboxylic acid groups (broad SMARTS) is 1. The van der Waals surface area contributed by atoms with E-state index < -0.39 is 11.9 Å². The molecule has 0 aliphatic carbocycles. The average Bonchev–Trinajstić information content (AvgIpc) is 2.29. The van der Waals surface area contributed by atoms with Gasteiger partial charge in [-0.15, -0.1) is 0 Å². The minimum atomic E-state index is -0.831. The first-order valence-electron chi connectivity index (χ1n) is 4.70. The Balaban J connectivity index is 2.42. The Hall–Kier alpha value is -1.10. The van der Waals surface area contributed by atoms with E-state index in [0.29, 0.717) is 13.2 Å². The summed E-state index contributed by atoms with van der Waals surface area (Å²) in [5, 5.41) is 8.71. The number of aliphatic carboxylic acids is 1. The van der Waals surface area contributed by atoms with Gasteiger partial charge in [0.15, 0.2) is 0 Å². The minimum Gasteiger partial charge on any atom is -0.481 e. The zero-order valence-electron chi connectivity index (χ0n) is 8.23. The van der Waals surface area contributed by atoms with Crippen LogP contribution in [0.1, 0.15) is 13.3 Å².